The number of carbonyl (C=O) groups excluding carboxylic acids is 1. The van der Waals surface area contributed by atoms with Gasteiger partial charge >= 0.3 is 16.9 Å². The number of H-pyrrole nitrogens is 1. The molecule has 0 spiro atoms. The number of carboxylic acid groups (broad SMARTS) is 1. The Kier molecular flexibility index (Phi) is 4.06. The molecule has 2 amide bonds. The number of amides is 2. The van der Waals surface area contributed by atoms with Gasteiger partial charge in [-0.15, -0.1) is 0 Å². The van der Waals surface area contributed by atoms with Crippen molar-refractivity contribution in [2.24, 2.45) is 0 Å². The third-order valence-corrected chi connectivity index (χ3v) is 2.45. The molecule has 1 aromatic rings. The summed E-state index contributed by atoms with van der Waals surface area (Å²) < 4.78 is 0. The number of hydrogen-bond acceptors (Lipinski definition) is 4. The Morgan fingerprint density at radius 1 is 1.62 bits per heavy atom. The molecule has 7 nitrogen and oxygen atoms in total. The third kappa shape index (κ3) is 3.73. The number of urea groups is 1. The predicted octanol–water partition coefficient (Wildman–Crippen LogP) is -0.291. The van der Waals surface area contributed by atoms with Crippen molar-refractivity contribution in [3.05, 3.63) is 20.7 Å². The van der Waals surface area contributed by atoms with Crippen LogP contribution in [-0.2, 0) is 11.3 Å². The van der Waals surface area contributed by atoms with Crippen LogP contribution in [0.1, 0.15) is 12.6 Å². The summed E-state index contributed by atoms with van der Waals surface area (Å²) in [5.74, 6) is -1.11. The molecule has 0 fully saturated rings. The fraction of sp³-hybridized carbons (Fsp3) is 0.375. The second kappa shape index (κ2) is 5.31. The van der Waals surface area contributed by atoms with Crippen molar-refractivity contribution < 1.29 is 14.7 Å². The van der Waals surface area contributed by atoms with E-state index in [0.29, 0.717) is 5.69 Å². The van der Waals surface area contributed by atoms with Crippen LogP contribution in [0.25, 0.3) is 0 Å². The topological polar surface area (TPSA) is 111 Å². The Morgan fingerprint density at radius 2 is 2.31 bits per heavy atom. The lowest BCUT2D eigenvalue weighted by Crippen LogP contribution is -2.44. The van der Waals surface area contributed by atoms with Crippen molar-refractivity contribution in [1.29, 1.82) is 0 Å². The summed E-state index contributed by atoms with van der Waals surface area (Å²) in [5, 5.41) is 14.8. The van der Waals surface area contributed by atoms with Gasteiger partial charge < -0.3 is 20.7 Å². The SMILES string of the molecule is CC(NC(=O)NCc1csc(=O)[nH]1)C(=O)O. The molecule has 88 valence electrons. The van der Waals surface area contributed by atoms with Crippen molar-refractivity contribution in [3.63, 3.8) is 0 Å². The van der Waals surface area contributed by atoms with Crippen LogP contribution in [0.15, 0.2) is 10.2 Å². The molecule has 0 aliphatic rings. The smallest absolute Gasteiger partial charge is 0.325 e. The van der Waals surface area contributed by atoms with Crippen LogP contribution < -0.4 is 15.5 Å². The first kappa shape index (κ1) is 12.2. The highest BCUT2D eigenvalue weighted by Gasteiger charge is 2.13. The van der Waals surface area contributed by atoms with Gasteiger partial charge in [-0.3, -0.25) is 9.59 Å². The van der Waals surface area contributed by atoms with Crippen LogP contribution in [0.4, 0.5) is 4.79 Å². The highest BCUT2D eigenvalue weighted by molar-refractivity contribution is 7.07. The number of aromatic nitrogens is 1. The van der Waals surface area contributed by atoms with E-state index in [0.717, 1.165) is 11.3 Å². The van der Waals surface area contributed by atoms with Gasteiger partial charge in [-0.1, -0.05) is 11.3 Å². The molecular weight excluding hydrogens is 234 g/mol. The van der Waals surface area contributed by atoms with E-state index in [4.69, 9.17) is 5.11 Å². The predicted molar refractivity (Wildman–Crippen MR) is 57.4 cm³/mol. The van der Waals surface area contributed by atoms with E-state index in [-0.39, 0.29) is 11.4 Å². The summed E-state index contributed by atoms with van der Waals surface area (Å²) in [4.78, 5) is 34.7. The maximum Gasteiger partial charge on any atom is 0.325 e. The molecule has 1 heterocycles. The van der Waals surface area contributed by atoms with Gasteiger partial charge in [-0.05, 0) is 6.92 Å². The molecule has 1 unspecified atom stereocenters. The van der Waals surface area contributed by atoms with E-state index in [9.17, 15) is 14.4 Å². The van der Waals surface area contributed by atoms with E-state index >= 15 is 0 Å². The quantitative estimate of drug-likeness (QED) is 0.584. The molecule has 4 N–H and O–H groups in total. The number of aliphatic carboxylic acids is 1. The van der Waals surface area contributed by atoms with Crippen LogP contribution in [0, 0.1) is 0 Å². The maximum atomic E-state index is 11.2. The number of rotatable bonds is 4. The van der Waals surface area contributed by atoms with Gasteiger partial charge in [0.25, 0.3) is 0 Å². The number of nitrogens with one attached hydrogen (secondary N) is 3. The normalized spacial score (nSPS) is 11.8. The molecule has 0 aliphatic carbocycles. The summed E-state index contributed by atoms with van der Waals surface area (Å²) >= 11 is 0.998. The minimum Gasteiger partial charge on any atom is -0.480 e. The third-order valence-electron chi connectivity index (χ3n) is 1.73. The molecule has 1 atom stereocenters. The highest BCUT2D eigenvalue weighted by Crippen LogP contribution is 1.94. The molecule has 0 bridgehead atoms. The fourth-order valence-corrected chi connectivity index (χ4v) is 1.47. The highest BCUT2D eigenvalue weighted by atomic mass is 32.1. The zero-order chi connectivity index (χ0) is 12.1. The summed E-state index contributed by atoms with van der Waals surface area (Å²) in [6.45, 7) is 1.51. The first-order chi connectivity index (χ1) is 7.49. The lowest BCUT2D eigenvalue weighted by atomic mass is 10.3. The van der Waals surface area contributed by atoms with Crippen molar-refractivity contribution in [1.82, 2.24) is 15.6 Å². The van der Waals surface area contributed by atoms with Gasteiger partial charge in [0.15, 0.2) is 0 Å². The molecule has 0 aromatic carbocycles. The molecule has 0 saturated carbocycles. The van der Waals surface area contributed by atoms with Crippen LogP contribution in [-0.4, -0.2) is 28.1 Å². The van der Waals surface area contributed by atoms with Crippen LogP contribution in [0.2, 0.25) is 0 Å². The molecule has 0 aliphatic heterocycles. The average molecular weight is 245 g/mol. The number of carboxylic acids is 1. The first-order valence-corrected chi connectivity index (χ1v) is 5.31. The van der Waals surface area contributed by atoms with Gasteiger partial charge in [0.1, 0.15) is 6.04 Å². The maximum absolute atomic E-state index is 11.2. The van der Waals surface area contributed by atoms with Gasteiger partial charge in [-0.25, -0.2) is 4.79 Å². The monoisotopic (exact) mass is 245 g/mol. The van der Waals surface area contributed by atoms with E-state index < -0.39 is 18.0 Å². The Bertz CT molecular complexity index is 438. The molecule has 16 heavy (non-hydrogen) atoms. The van der Waals surface area contributed by atoms with E-state index in [1.54, 1.807) is 5.38 Å². The standard InChI is InChI=1S/C8H11N3O4S/c1-4(6(12)13)10-7(14)9-2-5-3-16-8(15)11-5/h3-4H,2H2,1H3,(H,11,15)(H,12,13)(H2,9,10,14). The molecule has 0 radical (unpaired) electrons. The van der Waals surface area contributed by atoms with Crippen LogP contribution in [0.3, 0.4) is 0 Å². The second-order valence-corrected chi connectivity index (χ2v) is 3.90. The molecule has 0 saturated heterocycles. The Hall–Kier alpha value is -1.83. The lowest BCUT2D eigenvalue weighted by Gasteiger charge is -2.09. The summed E-state index contributed by atoms with van der Waals surface area (Å²) in [5.41, 5.74) is 0.577. The lowest BCUT2D eigenvalue weighted by molar-refractivity contribution is -0.138. The van der Waals surface area contributed by atoms with Crippen molar-refractivity contribution in [3.8, 4) is 0 Å². The van der Waals surface area contributed by atoms with E-state index in [1.165, 1.54) is 6.92 Å². The van der Waals surface area contributed by atoms with E-state index in [1.807, 2.05) is 0 Å². The number of aromatic amines is 1. The van der Waals surface area contributed by atoms with Gasteiger partial charge in [-0.2, -0.15) is 0 Å². The zero-order valence-electron chi connectivity index (χ0n) is 8.44. The first-order valence-electron chi connectivity index (χ1n) is 4.43. The largest absolute Gasteiger partial charge is 0.480 e. The zero-order valence-corrected chi connectivity index (χ0v) is 9.26. The number of thiazole rings is 1. The molecule has 1 aromatic heterocycles. The van der Waals surface area contributed by atoms with E-state index in [2.05, 4.69) is 15.6 Å². The second-order valence-electron chi connectivity index (χ2n) is 3.06. The summed E-state index contributed by atoms with van der Waals surface area (Å²) in [6.07, 6.45) is 0. The minimum absolute atomic E-state index is 0.150. The van der Waals surface area contributed by atoms with Gasteiger partial charge in [0.05, 0.1) is 6.54 Å². The molecule has 8 heteroatoms. The van der Waals surface area contributed by atoms with Crippen molar-refractivity contribution in [2.45, 2.75) is 19.5 Å². The Morgan fingerprint density at radius 3 is 2.81 bits per heavy atom. The minimum atomic E-state index is -1.11. The van der Waals surface area contributed by atoms with Crippen molar-refractivity contribution in [2.75, 3.05) is 0 Å². The average Bonchev–Trinajstić information content (AvgIpc) is 2.61. The summed E-state index contributed by atoms with van der Waals surface area (Å²) in [7, 11) is 0. The number of hydrogen-bond donors (Lipinski definition) is 4. The summed E-state index contributed by atoms with van der Waals surface area (Å²) in [6, 6.07) is -1.55. The fourth-order valence-electron chi connectivity index (χ4n) is 0.885. The van der Waals surface area contributed by atoms with Crippen LogP contribution >= 0.6 is 11.3 Å². The Balaban J connectivity index is 2.36. The number of carbonyl (C=O) groups is 2. The molecule has 1 rings (SSSR count). The van der Waals surface area contributed by atoms with Gasteiger partial charge in [0.2, 0.25) is 0 Å². The van der Waals surface area contributed by atoms with Gasteiger partial charge in [0, 0.05) is 11.1 Å². The van der Waals surface area contributed by atoms with Crippen molar-refractivity contribution >= 4 is 23.3 Å². The Labute approximate surface area is 94.5 Å². The van der Waals surface area contributed by atoms with Crippen LogP contribution in [0.5, 0.6) is 0 Å². The molecular formula is C8H11N3O4S.